The molecule has 0 spiro atoms. The van der Waals surface area contributed by atoms with E-state index in [9.17, 15) is 4.79 Å². The van der Waals surface area contributed by atoms with Crippen molar-refractivity contribution in [2.45, 2.75) is 32.7 Å². The topological polar surface area (TPSA) is 85.2 Å². The van der Waals surface area contributed by atoms with Crippen molar-refractivity contribution in [2.75, 3.05) is 13.1 Å². The van der Waals surface area contributed by atoms with Crippen LogP contribution in [-0.2, 0) is 13.0 Å². The first-order valence-corrected chi connectivity index (χ1v) is 8.03. The molecule has 2 aromatic rings. The summed E-state index contributed by atoms with van der Waals surface area (Å²) in [6, 6.07) is 7.54. The lowest BCUT2D eigenvalue weighted by Crippen LogP contribution is -2.40. The Morgan fingerprint density at radius 2 is 2.17 bits per heavy atom. The second-order valence-corrected chi connectivity index (χ2v) is 6.09. The van der Waals surface area contributed by atoms with E-state index in [4.69, 9.17) is 10.3 Å². The number of hydrogen-bond acceptors (Lipinski definition) is 5. The summed E-state index contributed by atoms with van der Waals surface area (Å²) in [5.41, 5.74) is 7.35. The molecule has 122 valence electrons. The SMILES string of the molecule is Cc1nc(C[C@@H]2CCCN(C(=O)c3ccc(CN)cc3)C2)no1. The Morgan fingerprint density at radius 1 is 1.39 bits per heavy atom. The van der Waals surface area contributed by atoms with Crippen molar-refractivity contribution in [3.05, 3.63) is 47.1 Å². The van der Waals surface area contributed by atoms with Gasteiger partial charge in [0.25, 0.3) is 5.91 Å². The van der Waals surface area contributed by atoms with Gasteiger partial charge in [-0.25, -0.2) is 0 Å². The molecule has 1 aromatic heterocycles. The van der Waals surface area contributed by atoms with E-state index in [1.807, 2.05) is 29.2 Å². The highest BCUT2D eigenvalue weighted by Crippen LogP contribution is 2.21. The second-order valence-electron chi connectivity index (χ2n) is 6.09. The van der Waals surface area contributed by atoms with E-state index < -0.39 is 0 Å². The molecule has 1 aliphatic rings. The van der Waals surface area contributed by atoms with Gasteiger partial charge in [0, 0.05) is 38.5 Å². The lowest BCUT2D eigenvalue weighted by molar-refractivity contribution is 0.0672. The number of nitrogens with zero attached hydrogens (tertiary/aromatic N) is 3. The predicted octanol–water partition coefficient (Wildman–Crippen LogP) is 1.93. The first-order chi connectivity index (χ1) is 11.2. The zero-order valence-corrected chi connectivity index (χ0v) is 13.4. The van der Waals surface area contributed by atoms with Crippen LogP contribution in [0.15, 0.2) is 28.8 Å². The number of hydrogen-bond donors (Lipinski definition) is 1. The van der Waals surface area contributed by atoms with Crippen LogP contribution in [0.1, 0.15) is 40.5 Å². The molecule has 0 bridgehead atoms. The van der Waals surface area contributed by atoms with E-state index in [2.05, 4.69) is 10.1 Å². The summed E-state index contributed by atoms with van der Waals surface area (Å²) in [7, 11) is 0. The summed E-state index contributed by atoms with van der Waals surface area (Å²) in [5, 5.41) is 3.96. The van der Waals surface area contributed by atoms with Crippen molar-refractivity contribution in [1.82, 2.24) is 15.0 Å². The number of likely N-dealkylation sites (tertiary alicyclic amines) is 1. The molecule has 0 aliphatic carbocycles. The van der Waals surface area contributed by atoms with Crippen LogP contribution >= 0.6 is 0 Å². The molecule has 0 saturated carbocycles. The fourth-order valence-corrected chi connectivity index (χ4v) is 3.06. The second kappa shape index (κ2) is 6.91. The summed E-state index contributed by atoms with van der Waals surface area (Å²) < 4.78 is 5.02. The van der Waals surface area contributed by atoms with Crippen LogP contribution in [0.2, 0.25) is 0 Å². The van der Waals surface area contributed by atoms with Crippen LogP contribution in [0.5, 0.6) is 0 Å². The van der Waals surface area contributed by atoms with Crippen molar-refractivity contribution in [1.29, 1.82) is 0 Å². The van der Waals surface area contributed by atoms with Gasteiger partial charge in [-0.2, -0.15) is 4.98 Å². The lowest BCUT2D eigenvalue weighted by Gasteiger charge is -2.32. The van der Waals surface area contributed by atoms with E-state index in [0.717, 1.165) is 49.3 Å². The Bertz CT molecular complexity index is 665. The van der Waals surface area contributed by atoms with Gasteiger partial charge in [0.1, 0.15) is 0 Å². The number of amides is 1. The third-order valence-electron chi connectivity index (χ3n) is 4.28. The number of piperidine rings is 1. The number of benzene rings is 1. The van der Waals surface area contributed by atoms with E-state index in [1.54, 1.807) is 6.92 Å². The highest BCUT2D eigenvalue weighted by molar-refractivity contribution is 5.94. The molecule has 2 heterocycles. The van der Waals surface area contributed by atoms with Gasteiger partial charge >= 0.3 is 0 Å². The van der Waals surface area contributed by atoms with E-state index in [0.29, 0.717) is 18.4 Å². The molecular formula is C17H22N4O2. The molecule has 1 atom stereocenters. The van der Waals surface area contributed by atoms with Gasteiger partial charge in [-0.3, -0.25) is 4.79 Å². The van der Waals surface area contributed by atoms with Crippen LogP contribution in [-0.4, -0.2) is 34.0 Å². The van der Waals surface area contributed by atoms with Gasteiger partial charge in [-0.05, 0) is 36.5 Å². The minimum atomic E-state index is 0.0857. The molecule has 1 aliphatic heterocycles. The maximum atomic E-state index is 12.6. The highest BCUT2D eigenvalue weighted by Gasteiger charge is 2.25. The zero-order valence-electron chi connectivity index (χ0n) is 13.4. The van der Waals surface area contributed by atoms with Crippen LogP contribution < -0.4 is 5.73 Å². The molecule has 23 heavy (non-hydrogen) atoms. The molecular weight excluding hydrogens is 292 g/mol. The zero-order chi connectivity index (χ0) is 16.2. The summed E-state index contributed by atoms with van der Waals surface area (Å²) in [5.74, 6) is 1.79. The monoisotopic (exact) mass is 314 g/mol. The highest BCUT2D eigenvalue weighted by atomic mass is 16.5. The van der Waals surface area contributed by atoms with Gasteiger partial charge < -0.3 is 15.2 Å². The van der Waals surface area contributed by atoms with Crippen molar-refractivity contribution >= 4 is 5.91 Å². The predicted molar refractivity (Wildman–Crippen MR) is 85.7 cm³/mol. The maximum Gasteiger partial charge on any atom is 0.253 e. The molecule has 0 unspecified atom stereocenters. The summed E-state index contributed by atoms with van der Waals surface area (Å²) in [6.45, 7) is 3.83. The number of rotatable bonds is 4. The van der Waals surface area contributed by atoms with Crippen LogP contribution in [0.25, 0.3) is 0 Å². The van der Waals surface area contributed by atoms with Crippen LogP contribution in [0.4, 0.5) is 0 Å². The number of nitrogens with two attached hydrogens (primary N) is 1. The first kappa shape index (κ1) is 15.7. The Hall–Kier alpha value is -2.21. The summed E-state index contributed by atoms with van der Waals surface area (Å²) in [6.07, 6.45) is 2.85. The van der Waals surface area contributed by atoms with Gasteiger partial charge in [-0.1, -0.05) is 17.3 Å². The largest absolute Gasteiger partial charge is 0.340 e. The average Bonchev–Trinajstić information content (AvgIpc) is 2.99. The average molecular weight is 314 g/mol. The Morgan fingerprint density at radius 3 is 2.83 bits per heavy atom. The molecule has 2 N–H and O–H groups in total. The van der Waals surface area contributed by atoms with Crippen molar-refractivity contribution in [3.8, 4) is 0 Å². The van der Waals surface area contributed by atoms with Crippen molar-refractivity contribution < 1.29 is 9.32 Å². The Balaban J connectivity index is 1.63. The van der Waals surface area contributed by atoms with Gasteiger partial charge in [0.05, 0.1) is 0 Å². The number of aromatic nitrogens is 2. The molecule has 6 heteroatoms. The van der Waals surface area contributed by atoms with Gasteiger partial charge in [-0.15, -0.1) is 0 Å². The fourth-order valence-electron chi connectivity index (χ4n) is 3.06. The first-order valence-electron chi connectivity index (χ1n) is 8.03. The van der Waals surface area contributed by atoms with Gasteiger partial charge in [0.2, 0.25) is 5.89 Å². The lowest BCUT2D eigenvalue weighted by atomic mass is 9.94. The van der Waals surface area contributed by atoms with E-state index >= 15 is 0 Å². The van der Waals surface area contributed by atoms with E-state index in [1.165, 1.54) is 0 Å². The van der Waals surface area contributed by atoms with Crippen molar-refractivity contribution in [2.24, 2.45) is 11.7 Å². The fraction of sp³-hybridized carbons (Fsp3) is 0.471. The molecule has 6 nitrogen and oxygen atoms in total. The standard InChI is InChI=1S/C17H22N4O2/c1-12-19-16(20-23-12)9-14-3-2-8-21(11-14)17(22)15-6-4-13(10-18)5-7-15/h4-7,14H,2-3,8-11,18H2,1H3/t14-/m0/s1. The molecule has 3 rings (SSSR count). The summed E-state index contributed by atoms with van der Waals surface area (Å²) in [4.78, 5) is 18.8. The molecule has 1 aromatic carbocycles. The third-order valence-corrected chi connectivity index (χ3v) is 4.28. The third kappa shape index (κ3) is 3.76. The molecule has 0 radical (unpaired) electrons. The minimum absolute atomic E-state index is 0.0857. The van der Waals surface area contributed by atoms with Gasteiger partial charge in [0.15, 0.2) is 5.82 Å². The van der Waals surface area contributed by atoms with E-state index in [-0.39, 0.29) is 5.91 Å². The number of aryl methyl sites for hydroxylation is 1. The summed E-state index contributed by atoms with van der Waals surface area (Å²) >= 11 is 0. The van der Waals surface area contributed by atoms with Crippen LogP contribution in [0.3, 0.4) is 0 Å². The quantitative estimate of drug-likeness (QED) is 0.932. The smallest absolute Gasteiger partial charge is 0.253 e. The maximum absolute atomic E-state index is 12.6. The number of carbonyl (C=O) groups is 1. The molecule has 1 saturated heterocycles. The normalized spacial score (nSPS) is 18.2. The van der Waals surface area contributed by atoms with Crippen LogP contribution in [0, 0.1) is 12.8 Å². The molecule has 1 fully saturated rings. The number of carbonyl (C=O) groups excluding carboxylic acids is 1. The Labute approximate surface area is 135 Å². The molecule has 1 amide bonds. The minimum Gasteiger partial charge on any atom is -0.340 e. The Kier molecular flexibility index (Phi) is 4.71. The van der Waals surface area contributed by atoms with Crippen molar-refractivity contribution in [3.63, 3.8) is 0 Å².